The van der Waals surface area contributed by atoms with Crippen molar-refractivity contribution in [1.29, 1.82) is 0 Å². The molecule has 6 nitrogen and oxygen atoms in total. The van der Waals surface area contributed by atoms with Crippen LogP contribution >= 0.6 is 0 Å². The summed E-state index contributed by atoms with van der Waals surface area (Å²) in [6, 6.07) is 7.47. The molecule has 126 valence electrons. The van der Waals surface area contributed by atoms with E-state index in [4.69, 9.17) is 4.74 Å². The van der Waals surface area contributed by atoms with Crippen LogP contribution in [0.5, 0.6) is 0 Å². The third-order valence-electron chi connectivity index (χ3n) is 5.10. The lowest BCUT2D eigenvalue weighted by molar-refractivity contribution is -0.150. The fourth-order valence-corrected chi connectivity index (χ4v) is 3.91. The van der Waals surface area contributed by atoms with Gasteiger partial charge in [-0.1, -0.05) is 25.0 Å². The van der Waals surface area contributed by atoms with Crippen LogP contribution in [0.1, 0.15) is 25.7 Å². The van der Waals surface area contributed by atoms with Crippen molar-refractivity contribution in [1.82, 2.24) is 14.7 Å². The van der Waals surface area contributed by atoms with E-state index in [2.05, 4.69) is 5.10 Å². The van der Waals surface area contributed by atoms with Gasteiger partial charge in [0.25, 0.3) is 0 Å². The summed E-state index contributed by atoms with van der Waals surface area (Å²) in [7, 11) is 0. The van der Waals surface area contributed by atoms with Gasteiger partial charge >= 0.3 is 0 Å². The maximum Gasteiger partial charge on any atom is 0.244 e. The monoisotopic (exact) mass is 327 g/mol. The summed E-state index contributed by atoms with van der Waals surface area (Å²) in [4.78, 5) is 26.8. The molecule has 4 rings (SSSR count). The molecular weight excluding hydrogens is 306 g/mol. The van der Waals surface area contributed by atoms with Crippen LogP contribution in [0.2, 0.25) is 0 Å². The molecule has 24 heavy (non-hydrogen) atoms. The minimum Gasteiger partial charge on any atom is -0.374 e. The largest absolute Gasteiger partial charge is 0.374 e. The van der Waals surface area contributed by atoms with E-state index < -0.39 is 0 Å². The van der Waals surface area contributed by atoms with Crippen LogP contribution in [-0.2, 0) is 16.1 Å². The molecule has 2 aromatic rings. The van der Waals surface area contributed by atoms with Gasteiger partial charge in [-0.25, -0.2) is 0 Å². The standard InChI is InChI=1S/C18H21N3O3/c22-16-11-19-21(14-6-2-1-5-13(14)16)12-18(23)20-9-10-24-17-8-4-3-7-15(17)20/h1-2,5-6,11,15,17H,3-4,7-10,12H2/t15-,17-/m1/s1. The zero-order chi connectivity index (χ0) is 16.5. The molecular formula is C18H21N3O3. The molecule has 0 N–H and O–H groups in total. The van der Waals surface area contributed by atoms with Gasteiger partial charge in [-0.15, -0.1) is 0 Å². The number of rotatable bonds is 2. The number of hydrogen-bond acceptors (Lipinski definition) is 4. The zero-order valence-electron chi connectivity index (χ0n) is 13.6. The average molecular weight is 327 g/mol. The Kier molecular flexibility index (Phi) is 4.06. The highest BCUT2D eigenvalue weighted by Gasteiger charge is 2.36. The molecule has 0 bridgehead atoms. The van der Waals surface area contributed by atoms with Gasteiger partial charge in [-0.3, -0.25) is 14.3 Å². The molecule has 2 heterocycles. The summed E-state index contributed by atoms with van der Waals surface area (Å²) < 4.78 is 7.47. The van der Waals surface area contributed by atoms with E-state index in [1.807, 2.05) is 23.1 Å². The molecule has 2 fully saturated rings. The Hall–Kier alpha value is -2.21. The summed E-state index contributed by atoms with van der Waals surface area (Å²) in [5.41, 5.74) is 0.583. The van der Waals surface area contributed by atoms with Crippen LogP contribution in [0.15, 0.2) is 35.3 Å². The van der Waals surface area contributed by atoms with Gasteiger partial charge in [0.1, 0.15) is 6.54 Å². The van der Waals surface area contributed by atoms with E-state index >= 15 is 0 Å². The second kappa shape index (κ2) is 6.36. The summed E-state index contributed by atoms with van der Waals surface area (Å²) in [6.45, 7) is 1.40. The number of carbonyl (C=O) groups is 1. The molecule has 1 aromatic heterocycles. The molecule has 1 amide bonds. The number of nitrogens with zero attached hydrogens (tertiary/aromatic N) is 3. The lowest BCUT2D eigenvalue weighted by Gasteiger charge is -2.43. The lowest BCUT2D eigenvalue weighted by Crippen LogP contribution is -2.55. The van der Waals surface area contributed by atoms with Crippen molar-refractivity contribution in [2.75, 3.05) is 13.2 Å². The SMILES string of the molecule is O=C(Cn1ncc(=O)c2ccccc21)N1CCO[C@@H]2CCCC[C@H]21. The van der Waals surface area contributed by atoms with Crippen molar-refractivity contribution in [2.45, 2.75) is 44.4 Å². The number of morpholine rings is 1. The molecule has 2 atom stereocenters. The smallest absolute Gasteiger partial charge is 0.244 e. The predicted octanol–water partition coefficient (Wildman–Crippen LogP) is 1.57. The Labute approximate surface area is 140 Å². The second-order valence-corrected chi connectivity index (χ2v) is 6.53. The Bertz CT molecular complexity index is 815. The summed E-state index contributed by atoms with van der Waals surface area (Å²) in [5.74, 6) is 0.0523. The lowest BCUT2D eigenvalue weighted by atomic mass is 9.90. The van der Waals surface area contributed by atoms with E-state index in [1.54, 1.807) is 10.7 Å². The van der Waals surface area contributed by atoms with Gasteiger partial charge in [-0.05, 0) is 25.0 Å². The van der Waals surface area contributed by atoms with Crippen LogP contribution in [0, 0.1) is 0 Å². The molecule has 2 aliphatic rings. The minimum atomic E-state index is -0.118. The Balaban J connectivity index is 1.60. The fourth-order valence-electron chi connectivity index (χ4n) is 3.91. The van der Waals surface area contributed by atoms with Crippen LogP contribution in [-0.4, -0.2) is 45.9 Å². The minimum absolute atomic E-state index is 0.0523. The van der Waals surface area contributed by atoms with Crippen molar-refractivity contribution in [3.63, 3.8) is 0 Å². The number of ether oxygens (including phenoxy) is 1. The van der Waals surface area contributed by atoms with Gasteiger partial charge in [0.05, 0.1) is 30.5 Å². The number of carbonyl (C=O) groups excluding carboxylic acids is 1. The van der Waals surface area contributed by atoms with Crippen molar-refractivity contribution in [3.8, 4) is 0 Å². The van der Waals surface area contributed by atoms with Crippen LogP contribution in [0.4, 0.5) is 0 Å². The molecule has 1 saturated heterocycles. The van der Waals surface area contributed by atoms with Gasteiger partial charge < -0.3 is 9.64 Å². The highest BCUT2D eigenvalue weighted by atomic mass is 16.5. The van der Waals surface area contributed by atoms with Crippen molar-refractivity contribution in [3.05, 3.63) is 40.7 Å². The molecule has 0 spiro atoms. The van der Waals surface area contributed by atoms with Gasteiger partial charge in [0, 0.05) is 11.9 Å². The predicted molar refractivity (Wildman–Crippen MR) is 89.7 cm³/mol. The molecule has 1 aromatic carbocycles. The first-order valence-corrected chi connectivity index (χ1v) is 8.60. The van der Waals surface area contributed by atoms with Gasteiger partial charge in [-0.2, -0.15) is 5.10 Å². The van der Waals surface area contributed by atoms with E-state index in [-0.39, 0.29) is 30.0 Å². The highest BCUT2D eigenvalue weighted by Crippen LogP contribution is 2.28. The number of para-hydroxylation sites is 1. The van der Waals surface area contributed by atoms with E-state index in [1.165, 1.54) is 12.6 Å². The summed E-state index contributed by atoms with van der Waals surface area (Å²) in [5, 5.41) is 4.77. The first-order valence-electron chi connectivity index (χ1n) is 8.60. The Morgan fingerprint density at radius 3 is 3.00 bits per heavy atom. The molecule has 1 saturated carbocycles. The summed E-state index contributed by atoms with van der Waals surface area (Å²) in [6.07, 6.45) is 5.83. The molecule has 1 aliphatic heterocycles. The number of amides is 1. The molecule has 1 aliphatic carbocycles. The maximum absolute atomic E-state index is 12.9. The number of hydrogen-bond donors (Lipinski definition) is 0. The molecule has 6 heteroatoms. The molecule has 0 radical (unpaired) electrons. The third kappa shape index (κ3) is 2.71. The quantitative estimate of drug-likeness (QED) is 0.840. The third-order valence-corrected chi connectivity index (χ3v) is 5.10. The van der Waals surface area contributed by atoms with Crippen molar-refractivity contribution >= 4 is 16.8 Å². The van der Waals surface area contributed by atoms with Crippen LogP contribution < -0.4 is 5.43 Å². The zero-order valence-corrected chi connectivity index (χ0v) is 13.6. The van der Waals surface area contributed by atoms with Gasteiger partial charge in [0.2, 0.25) is 11.3 Å². The Morgan fingerprint density at radius 1 is 1.25 bits per heavy atom. The number of benzene rings is 1. The Morgan fingerprint density at radius 2 is 2.08 bits per heavy atom. The van der Waals surface area contributed by atoms with E-state index in [0.717, 1.165) is 19.3 Å². The van der Waals surface area contributed by atoms with E-state index in [0.29, 0.717) is 24.1 Å². The van der Waals surface area contributed by atoms with Crippen LogP contribution in [0.3, 0.4) is 0 Å². The fraction of sp³-hybridized carbons (Fsp3) is 0.500. The summed E-state index contributed by atoms with van der Waals surface area (Å²) >= 11 is 0. The molecule has 0 unspecified atom stereocenters. The first kappa shape index (κ1) is 15.3. The second-order valence-electron chi connectivity index (χ2n) is 6.53. The topological polar surface area (TPSA) is 64.4 Å². The van der Waals surface area contributed by atoms with Gasteiger partial charge in [0.15, 0.2) is 0 Å². The number of aromatic nitrogens is 2. The number of fused-ring (bicyclic) bond motifs is 2. The average Bonchev–Trinajstić information content (AvgIpc) is 2.64. The highest BCUT2D eigenvalue weighted by molar-refractivity contribution is 5.81. The first-order chi connectivity index (χ1) is 11.7. The normalized spacial score (nSPS) is 23.9. The van der Waals surface area contributed by atoms with Crippen LogP contribution in [0.25, 0.3) is 10.9 Å². The van der Waals surface area contributed by atoms with E-state index in [9.17, 15) is 9.59 Å². The van der Waals surface area contributed by atoms with Crippen molar-refractivity contribution in [2.24, 2.45) is 0 Å². The maximum atomic E-state index is 12.9. The van der Waals surface area contributed by atoms with Crippen molar-refractivity contribution < 1.29 is 9.53 Å².